The number of likely N-dealkylation sites (tertiary alicyclic amines) is 1. The topological polar surface area (TPSA) is 353 Å². The van der Waals surface area contributed by atoms with E-state index >= 15 is 9.59 Å². The van der Waals surface area contributed by atoms with Crippen LogP contribution >= 0.6 is 11.8 Å². The zero-order chi connectivity index (χ0) is 71.3. The average Bonchev–Trinajstić information content (AvgIpc) is 1.54. The van der Waals surface area contributed by atoms with Gasteiger partial charge in [0, 0.05) is 102 Å². The molecule has 0 spiro atoms. The van der Waals surface area contributed by atoms with Crippen molar-refractivity contribution < 1.29 is 96.9 Å². The van der Waals surface area contributed by atoms with Crippen LogP contribution in [0, 0.1) is 35.5 Å². The fourth-order valence-corrected chi connectivity index (χ4v) is 13.0. The molecule has 2 aliphatic heterocycles. The normalized spacial score (nSPS) is 20.2. The van der Waals surface area contributed by atoms with Gasteiger partial charge in [0.25, 0.3) is 0 Å². The Bertz CT molecular complexity index is 2750. The van der Waals surface area contributed by atoms with Crippen LogP contribution in [0.4, 0.5) is 0 Å². The van der Waals surface area contributed by atoms with E-state index in [0.29, 0.717) is 36.9 Å². The molecule has 8 N–H and O–H groups in total. The Kier molecular flexibility index (Phi) is 39.9. The first kappa shape index (κ1) is 87.2. The minimum Gasteiger partial charge on any atom is -0.481 e. The second-order valence-electron chi connectivity index (χ2n) is 26.3. The maximum Gasteiger partial charge on any atom is 0.373 e. The number of likely N-dealkylation sites (N-methyl/N-ethyl adjacent to an activating group) is 2. The Morgan fingerprint density at radius 1 is 0.832 bits per heavy atom. The number of Topliss-reactive ketones (excluding diaryl/α,β-unsaturated/α-hetero) is 4. The number of quaternary nitrogens is 1. The number of nitrogens with zero attached hydrogens (tertiary/aromatic N) is 3. The molecule has 538 valence electrons. The number of nitrogens with two attached hydrogens (primary N) is 1. The number of thioether (sulfide) groups is 1. The summed E-state index contributed by atoms with van der Waals surface area (Å²) < 4.78 is 23.9. The summed E-state index contributed by atoms with van der Waals surface area (Å²) in [5.74, 6) is -5.29. The number of aliphatic carboxylic acids is 1. The van der Waals surface area contributed by atoms with Crippen LogP contribution in [0.15, 0.2) is 48.5 Å². The number of methoxy groups -OCH3 is 2. The molecule has 25 heteroatoms. The molecular formula is C70H114N5O19S+. The van der Waals surface area contributed by atoms with Gasteiger partial charge in [-0.05, 0) is 73.3 Å². The number of carbonyl (C=O) groups is 8. The lowest BCUT2D eigenvalue weighted by molar-refractivity contribution is -0.922. The van der Waals surface area contributed by atoms with Crippen molar-refractivity contribution in [1.82, 2.24) is 15.1 Å². The summed E-state index contributed by atoms with van der Waals surface area (Å²) in [5.41, 5.74) is 7.57. The van der Waals surface area contributed by atoms with Crippen molar-refractivity contribution in [2.45, 2.75) is 213 Å². The molecule has 0 unspecified atom stereocenters. The fraction of sp³-hybridized carbons (Fsp3) is 0.700. The largest absolute Gasteiger partial charge is 0.481 e. The van der Waals surface area contributed by atoms with Crippen molar-refractivity contribution in [2.75, 3.05) is 67.6 Å². The molecule has 24 nitrogen and oxygen atoms in total. The molecule has 0 aliphatic carbocycles. The average molecular weight is 1360 g/mol. The van der Waals surface area contributed by atoms with E-state index in [1.165, 1.54) is 7.11 Å². The molecule has 2 saturated heterocycles. The molecule has 2 fully saturated rings. The van der Waals surface area contributed by atoms with Gasteiger partial charge in [-0.3, -0.25) is 38.4 Å². The van der Waals surface area contributed by atoms with Gasteiger partial charge in [0.1, 0.15) is 42.2 Å². The highest BCUT2D eigenvalue weighted by atomic mass is 32.2. The molecule has 15 atom stereocenters. The van der Waals surface area contributed by atoms with Crippen molar-refractivity contribution in [3.8, 4) is 5.75 Å². The first-order chi connectivity index (χ1) is 44.2. The maximum absolute atomic E-state index is 15.1. The van der Waals surface area contributed by atoms with Crippen molar-refractivity contribution >= 4 is 64.7 Å². The summed E-state index contributed by atoms with van der Waals surface area (Å²) in [4.78, 5) is 128. The summed E-state index contributed by atoms with van der Waals surface area (Å²) in [5, 5.41) is 53.7. The van der Waals surface area contributed by atoms with E-state index in [4.69, 9.17) is 39.4 Å². The summed E-state index contributed by atoms with van der Waals surface area (Å²) >= 11 is 1.75. The second kappa shape index (κ2) is 43.5. The molecule has 4 rings (SSSR count). The van der Waals surface area contributed by atoms with Gasteiger partial charge in [-0.15, -0.1) is 0 Å². The molecule has 2 heterocycles. The van der Waals surface area contributed by atoms with E-state index in [9.17, 15) is 49.2 Å². The number of ether oxygens (including phenoxy) is 4. The number of carbonyl (C=O) groups excluding carboxylic acids is 9. The van der Waals surface area contributed by atoms with Crippen LogP contribution in [0.2, 0.25) is 0 Å². The van der Waals surface area contributed by atoms with Crippen LogP contribution in [-0.2, 0) is 75.1 Å². The van der Waals surface area contributed by atoms with Gasteiger partial charge in [-0.2, -0.15) is 21.4 Å². The quantitative estimate of drug-likeness (QED) is 0.0392. The van der Waals surface area contributed by atoms with Gasteiger partial charge < -0.3 is 69.8 Å². The monoisotopic (exact) mass is 1360 g/mol. The number of carboxylic acids is 1. The van der Waals surface area contributed by atoms with E-state index in [-0.39, 0.29) is 154 Å². The van der Waals surface area contributed by atoms with Crippen LogP contribution in [0.5, 0.6) is 5.75 Å². The van der Waals surface area contributed by atoms with Gasteiger partial charge in [-0.1, -0.05) is 99.6 Å². The Morgan fingerprint density at radius 2 is 1.45 bits per heavy atom. The van der Waals surface area contributed by atoms with Gasteiger partial charge >= 0.3 is 12.1 Å². The molecule has 2 aromatic carbocycles. The number of amides is 3. The molecular weight excluding hydrogens is 1250 g/mol. The van der Waals surface area contributed by atoms with Gasteiger partial charge in [0.15, 0.2) is 17.6 Å². The molecule has 0 aromatic heterocycles. The Morgan fingerprint density at radius 3 is 2.00 bits per heavy atom. The predicted octanol–water partition coefficient (Wildman–Crippen LogP) is 5.78. The lowest BCUT2D eigenvalue weighted by Crippen LogP contribution is -2.56. The lowest BCUT2D eigenvalue weighted by atomic mass is 9.83. The molecule has 0 bridgehead atoms. The zero-order valence-corrected chi connectivity index (χ0v) is 58.8. The Balaban J connectivity index is 0.00000620. The first-order valence-corrected chi connectivity index (χ1v) is 34.2. The third-order valence-electron chi connectivity index (χ3n) is 18.0. The highest BCUT2D eigenvalue weighted by Gasteiger charge is 2.46. The van der Waals surface area contributed by atoms with Crippen molar-refractivity contribution in [3.63, 3.8) is 0 Å². The van der Waals surface area contributed by atoms with E-state index in [1.54, 1.807) is 53.9 Å². The van der Waals surface area contributed by atoms with E-state index in [1.807, 2.05) is 112 Å². The van der Waals surface area contributed by atoms with Gasteiger partial charge in [-0.25, -0.2) is 0 Å². The highest BCUT2D eigenvalue weighted by Crippen LogP contribution is 2.35. The van der Waals surface area contributed by atoms with Crippen molar-refractivity contribution in [1.29, 1.82) is 0 Å². The smallest absolute Gasteiger partial charge is 0.373 e. The number of nitrogens with one attached hydrogen (secondary N) is 1. The number of benzene rings is 2. The number of aliphatic hydroxyl groups excluding tert-OH is 4. The maximum atomic E-state index is 15.1. The highest BCUT2D eigenvalue weighted by molar-refractivity contribution is 7.97. The Hall–Kier alpha value is -5.83. The standard InChI is InChI=1S/C66H103N5O17.C2H6S.CO2.CH4/c1-14-40(6)59(55(85-12)34-57(78)70-29-19-23-49(70)64(86-13)42(8)51(74)30-41(7)61(81)44-20-16-15-17-21-44)69(9)65(84)47(38(2)3)33-52(75)60(39(4)5)71(10,11)36-43-25-26-54(88-66-63(83)62(82)53(76)37-87-66)45(31-43)32-46(72)22-18-24-50(73)48(35-67)68-56(77)27-28-58(79)80;1-3-2;2-1-3;/h15-17,20-21,25-26,31,38-42,47-49,53,55,59-64,66,76,81-83H,14,18-19,22-24,27-30,32-37,67H2,1-13H3,(H-,68,77,79,80);1-2H3;;1H4/p+1/t40-,41-,42-,47-,48-,49-,53+,55+,59-,60-,61+,62-,63+,64+,66-;;;/m0.../s1. The molecule has 2 aromatic rings. The van der Waals surface area contributed by atoms with E-state index in [0.717, 1.165) is 5.56 Å². The van der Waals surface area contributed by atoms with Crippen LogP contribution in [0.3, 0.4) is 0 Å². The number of ketones is 4. The second-order valence-corrected chi connectivity index (χ2v) is 27.1. The minimum atomic E-state index is -1.64. The third-order valence-corrected chi connectivity index (χ3v) is 18.0. The molecule has 0 saturated carbocycles. The molecule has 2 aliphatic rings. The number of hydrogen-bond acceptors (Lipinski definition) is 20. The summed E-state index contributed by atoms with van der Waals surface area (Å²) in [6.07, 6.45) is -2.79. The van der Waals surface area contributed by atoms with Crippen LogP contribution in [-0.4, -0.2) is 221 Å². The van der Waals surface area contributed by atoms with Crippen LogP contribution in [0.1, 0.15) is 156 Å². The number of rotatable bonds is 38. The molecule has 95 heavy (non-hydrogen) atoms. The van der Waals surface area contributed by atoms with Gasteiger partial charge in [0.2, 0.25) is 24.0 Å². The summed E-state index contributed by atoms with van der Waals surface area (Å²) in [6.45, 7) is 15.6. The number of carboxylic acid groups (broad SMARTS) is 1. The molecule has 0 radical (unpaired) electrons. The van der Waals surface area contributed by atoms with E-state index in [2.05, 4.69) is 5.32 Å². The fourth-order valence-electron chi connectivity index (χ4n) is 13.0. The summed E-state index contributed by atoms with van der Waals surface area (Å²) in [6, 6.07) is 11.7. The lowest BCUT2D eigenvalue weighted by Gasteiger charge is -2.42. The minimum absolute atomic E-state index is 0. The molecule has 3 amide bonds. The van der Waals surface area contributed by atoms with Crippen molar-refractivity contribution in [2.24, 2.45) is 41.2 Å². The zero-order valence-electron chi connectivity index (χ0n) is 58.0. The SMILES string of the molecule is C.CC[C@H](C)[C@@H]([C@@H](CC(=O)N1CCC[C@H]1[C@H](OC)[C@@H](C)C(=O)C[C@H](C)[C@@H](O)c1ccccc1)OC)N(C)C(=O)[C@@H](CC(=O)[C@H](C(C)C)[N+](C)(C)Cc1ccc(O[C@@H]2OC[C@@H](O)[C@H](O)[C@H]2O)c(CC(=O)CCCC(=O)[C@H](CN)NC(=O)CCC(=O)O)c1)C(C)C.CSC.O=C=O. The van der Waals surface area contributed by atoms with Gasteiger partial charge in [0.05, 0.1) is 70.0 Å². The van der Waals surface area contributed by atoms with Crippen LogP contribution < -0.4 is 15.8 Å². The first-order valence-electron chi connectivity index (χ1n) is 32.6. The predicted molar refractivity (Wildman–Crippen MR) is 360 cm³/mol. The third kappa shape index (κ3) is 26.8. The van der Waals surface area contributed by atoms with Crippen molar-refractivity contribution in [3.05, 3.63) is 65.2 Å². The van der Waals surface area contributed by atoms with Crippen LogP contribution in [0.25, 0.3) is 0 Å². The Labute approximate surface area is 567 Å². The number of aliphatic hydroxyl groups is 4. The number of hydrogen-bond donors (Lipinski definition) is 7. The summed E-state index contributed by atoms with van der Waals surface area (Å²) in [7, 11) is 8.65. The van der Waals surface area contributed by atoms with E-state index < -0.39 is 97.0 Å².